The molecule has 0 saturated heterocycles. The Morgan fingerprint density at radius 3 is 2.32 bits per heavy atom. The molecule has 7 nitrogen and oxygen atoms in total. The van der Waals surface area contributed by atoms with Crippen molar-refractivity contribution in [3.05, 3.63) is 65.0 Å². The van der Waals surface area contributed by atoms with Gasteiger partial charge >= 0.3 is 5.97 Å². The van der Waals surface area contributed by atoms with E-state index in [1.165, 1.54) is 25.3 Å². The van der Waals surface area contributed by atoms with E-state index < -0.39 is 21.8 Å². The van der Waals surface area contributed by atoms with Crippen molar-refractivity contribution < 1.29 is 22.7 Å². The van der Waals surface area contributed by atoms with Crippen molar-refractivity contribution in [2.45, 2.75) is 25.7 Å². The zero-order valence-electron chi connectivity index (χ0n) is 16.4. The second-order valence-electron chi connectivity index (χ2n) is 6.44. The number of H-pyrrole nitrogens is 1. The van der Waals surface area contributed by atoms with Gasteiger partial charge in [-0.15, -0.1) is 6.58 Å². The number of rotatable bonds is 8. The van der Waals surface area contributed by atoms with E-state index in [4.69, 9.17) is 4.74 Å². The van der Waals surface area contributed by atoms with E-state index in [1.807, 2.05) is 6.92 Å². The van der Waals surface area contributed by atoms with Crippen LogP contribution in [0.4, 0.5) is 0 Å². The van der Waals surface area contributed by atoms with E-state index >= 15 is 0 Å². The first-order valence-corrected chi connectivity index (χ1v) is 10.1. The Bertz CT molecular complexity index is 1000. The highest BCUT2D eigenvalue weighted by Gasteiger charge is 2.29. The lowest BCUT2D eigenvalue weighted by atomic mass is 10.1. The fourth-order valence-corrected chi connectivity index (χ4v) is 4.33. The maximum absolute atomic E-state index is 13.0. The molecule has 2 rings (SSSR count). The number of sulfonamides is 1. The maximum Gasteiger partial charge on any atom is 0.354 e. The van der Waals surface area contributed by atoms with E-state index in [1.54, 1.807) is 26.0 Å². The first kappa shape index (κ1) is 21.6. The van der Waals surface area contributed by atoms with Crippen LogP contribution in [0.2, 0.25) is 0 Å². The minimum Gasteiger partial charge on any atom is -0.464 e. The Labute approximate surface area is 165 Å². The van der Waals surface area contributed by atoms with E-state index in [0.29, 0.717) is 11.3 Å². The number of hydrogen-bond acceptors (Lipinski definition) is 5. The average Bonchev–Trinajstić information content (AvgIpc) is 2.95. The molecule has 0 radical (unpaired) electrons. The number of ether oxygens (including phenoxy) is 1. The first-order valence-electron chi connectivity index (χ1n) is 8.61. The number of nitrogens with one attached hydrogen (secondary N) is 1. The van der Waals surface area contributed by atoms with Crippen LogP contribution < -0.4 is 0 Å². The van der Waals surface area contributed by atoms with Gasteiger partial charge in [-0.3, -0.25) is 4.79 Å². The third-order valence-electron chi connectivity index (χ3n) is 4.42. The molecule has 0 fully saturated rings. The van der Waals surface area contributed by atoms with Crippen LogP contribution in [0.15, 0.2) is 41.8 Å². The van der Waals surface area contributed by atoms with E-state index in [-0.39, 0.29) is 29.2 Å². The molecule has 150 valence electrons. The van der Waals surface area contributed by atoms with Gasteiger partial charge in [0.1, 0.15) is 5.69 Å². The van der Waals surface area contributed by atoms with Crippen LogP contribution in [0.1, 0.15) is 37.7 Å². The Morgan fingerprint density at radius 2 is 1.79 bits per heavy atom. The average molecular weight is 404 g/mol. The fraction of sp³-hybridized carbons (Fsp3) is 0.300. The number of carbonyl (C=O) groups is 2. The second kappa shape index (κ2) is 8.53. The predicted octanol–water partition coefficient (Wildman–Crippen LogP) is 2.79. The van der Waals surface area contributed by atoms with Crippen molar-refractivity contribution in [1.82, 2.24) is 9.29 Å². The lowest BCUT2D eigenvalue weighted by molar-refractivity contribution is 0.0594. The number of hydrogen-bond donors (Lipinski definition) is 1. The minimum atomic E-state index is -3.88. The molecule has 0 spiro atoms. The smallest absolute Gasteiger partial charge is 0.354 e. The van der Waals surface area contributed by atoms with E-state index in [0.717, 1.165) is 9.87 Å². The standard InChI is InChI=1S/C20H24N2O5S/c1-6-11-22(28(25,26)16-9-7-13(2)8-10-16)12-17(23)18-14(3)19(20(24)27-5)21-15(18)4/h6-10,21H,1,11-12H2,2-5H3. The highest BCUT2D eigenvalue weighted by Crippen LogP contribution is 2.22. The minimum absolute atomic E-state index is 0.0195. The highest BCUT2D eigenvalue weighted by atomic mass is 32.2. The number of methoxy groups -OCH3 is 1. The summed E-state index contributed by atoms with van der Waals surface area (Å²) < 4.78 is 31.7. The predicted molar refractivity (Wildman–Crippen MR) is 106 cm³/mol. The zero-order chi connectivity index (χ0) is 21.1. The number of carbonyl (C=O) groups excluding carboxylic acids is 2. The Kier molecular flexibility index (Phi) is 6.58. The Balaban J connectivity index is 2.38. The number of nitrogens with zero attached hydrogens (tertiary/aromatic N) is 1. The number of aromatic nitrogens is 1. The molecule has 0 amide bonds. The van der Waals surface area contributed by atoms with Crippen molar-refractivity contribution in [1.29, 1.82) is 0 Å². The summed E-state index contributed by atoms with van der Waals surface area (Å²) in [6.45, 7) is 8.33. The molecule has 0 unspecified atom stereocenters. The lowest BCUT2D eigenvalue weighted by Gasteiger charge is -2.20. The van der Waals surface area contributed by atoms with Gasteiger partial charge in [-0.25, -0.2) is 13.2 Å². The molecule has 0 bridgehead atoms. The van der Waals surface area contributed by atoms with Gasteiger partial charge in [0.05, 0.1) is 18.6 Å². The molecule has 1 N–H and O–H groups in total. The van der Waals surface area contributed by atoms with Gasteiger partial charge < -0.3 is 9.72 Å². The lowest BCUT2D eigenvalue weighted by Crippen LogP contribution is -2.36. The van der Waals surface area contributed by atoms with Crippen molar-refractivity contribution in [2.75, 3.05) is 20.2 Å². The van der Waals surface area contributed by atoms with Crippen LogP contribution in [-0.2, 0) is 14.8 Å². The molecule has 0 aliphatic heterocycles. The monoisotopic (exact) mass is 404 g/mol. The van der Waals surface area contributed by atoms with Gasteiger partial charge in [0.2, 0.25) is 10.0 Å². The van der Waals surface area contributed by atoms with Gasteiger partial charge in [0.25, 0.3) is 0 Å². The number of esters is 1. The van der Waals surface area contributed by atoms with Gasteiger partial charge in [0, 0.05) is 17.8 Å². The molecular formula is C20H24N2O5S. The topological polar surface area (TPSA) is 96.5 Å². The number of Topliss-reactive ketones (excluding diaryl/α,β-unsaturated/α-hetero) is 1. The van der Waals surface area contributed by atoms with Crippen LogP contribution in [0.3, 0.4) is 0 Å². The number of benzene rings is 1. The van der Waals surface area contributed by atoms with Crippen LogP contribution in [0.25, 0.3) is 0 Å². The van der Waals surface area contributed by atoms with Crippen molar-refractivity contribution in [3.8, 4) is 0 Å². The first-order chi connectivity index (χ1) is 13.1. The van der Waals surface area contributed by atoms with Gasteiger partial charge in [0.15, 0.2) is 5.78 Å². The molecule has 8 heteroatoms. The zero-order valence-corrected chi connectivity index (χ0v) is 17.2. The summed E-state index contributed by atoms with van der Waals surface area (Å²) in [7, 11) is -2.63. The number of aryl methyl sites for hydroxylation is 2. The summed E-state index contributed by atoms with van der Waals surface area (Å²) in [5.74, 6) is -1.01. The summed E-state index contributed by atoms with van der Waals surface area (Å²) in [6, 6.07) is 6.41. The molecule has 2 aromatic rings. The van der Waals surface area contributed by atoms with Crippen LogP contribution in [-0.4, -0.2) is 49.7 Å². The van der Waals surface area contributed by atoms with Crippen LogP contribution >= 0.6 is 0 Å². The summed E-state index contributed by atoms with van der Waals surface area (Å²) in [4.78, 5) is 27.7. The molecular weight excluding hydrogens is 380 g/mol. The normalized spacial score (nSPS) is 11.5. The number of ketones is 1. The largest absolute Gasteiger partial charge is 0.464 e. The van der Waals surface area contributed by atoms with Crippen molar-refractivity contribution in [3.63, 3.8) is 0 Å². The molecule has 1 heterocycles. The molecule has 0 atom stereocenters. The fourth-order valence-electron chi connectivity index (χ4n) is 2.96. The van der Waals surface area contributed by atoms with E-state index in [2.05, 4.69) is 11.6 Å². The molecule has 0 saturated carbocycles. The third kappa shape index (κ3) is 4.23. The molecule has 1 aromatic heterocycles. The summed E-state index contributed by atoms with van der Waals surface area (Å²) >= 11 is 0. The van der Waals surface area contributed by atoms with Gasteiger partial charge in [-0.05, 0) is 38.5 Å². The van der Waals surface area contributed by atoms with Gasteiger partial charge in [-0.2, -0.15) is 4.31 Å². The van der Waals surface area contributed by atoms with Crippen LogP contribution in [0, 0.1) is 20.8 Å². The SMILES string of the molecule is C=CCN(CC(=O)c1c(C)[nH]c(C(=O)OC)c1C)S(=O)(=O)c1ccc(C)cc1. The quantitative estimate of drug-likeness (QED) is 0.415. The summed E-state index contributed by atoms with van der Waals surface area (Å²) in [6.07, 6.45) is 1.43. The Hall–Kier alpha value is -2.71. The second-order valence-corrected chi connectivity index (χ2v) is 8.38. The summed E-state index contributed by atoms with van der Waals surface area (Å²) in [5.41, 5.74) is 2.31. The van der Waals surface area contributed by atoms with Gasteiger partial charge in [-0.1, -0.05) is 23.8 Å². The van der Waals surface area contributed by atoms with Crippen molar-refractivity contribution in [2.24, 2.45) is 0 Å². The van der Waals surface area contributed by atoms with Crippen LogP contribution in [0.5, 0.6) is 0 Å². The third-order valence-corrected chi connectivity index (χ3v) is 6.24. The maximum atomic E-state index is 13.0. The number of aromatic amines is 1. The highest BCUT2D eigenvalue weighted by molar-refractivity contribution is 7.89. The van der Waals surface area contributed by atoms with E-state index in [9.17, 15) is 18.0 Å². The molecule has 1 aromatic carbocycles. The molecule has 0 aliphatic rings. The van der Waals surface area contributed by atoms with Crippen molar-refractivity contribution >= 4 is 21.8 Å². The summed E-state index contributed by atoms with van der Waals surface area (Å²) in [5, 5.41) is 0. The molecule has 28 heavy (non-hydrogen) atoms. The molecule has 0 aliphatic carbocycles. The Morgan fingerprint density at radius 1 is 1.18 bits per heavy atom.